The van der Waals surface area contributed by atoms with Crippen LogP contribution in [-0.2, 0) is 12.8 Å². The van der Waals surface area contributed by atoms with Crippen molar-refractivity contribution in [2.75, 3.05) is 21.1 Å². The second-order valence-electron chi connectivity index (χ2n) is 5.78. The van der Waals surface area contributed by atoms with E-state index in [1.807, 2.05) is 18.2 Å². The van der Waals surface area contributed by atoms with E-state index in [9.17, 15) is 4.79 Å². The average Bonchev–Trinajstić information content (AvgIpc) is 2.83. The number of H-pyrrole nitrogens is 1. The number of hydrogen-bond acceptors (Lipinski definition) is 2. The van der Waals surface area contributed by atoms with E-state index in [0.717, 1.165) is 23.9 Å². The predicted octanol–water partition coefficient (Wildman–Crippen LogP) is 1.95. The summed E-state index contributed by atoms with van der Waals surface area (Å²) in [5.41, 5.74) is 4.60. The first-order chi connectivity index (χ1) is 9.60. The number of aromatic amines is 1. The van der Waals surface area contributed by atoms with Crippen molar-refractivity contribution in [3.63, 3.8) is 0 Å². The van der Waals surface area contributed by atoms with Crippen molar-refractivity contribution in [2.45, 2.75) is 25.3 Å². The van der Waals surface area contributed by atoms with E-state index in [0.29, 0.717) is 6.04 Å². The van der Waals surface area contributed by atoms with Crippen molar-refractivity contribution in [3.8, 4) is 0 Å². The van der Waals surface area contributed by atoms with Crippen LogP contribution in [0.1, 0.15) is 28.0 Å². The number of hydrogen-bond donors (Lipinski definition) is 2. The van der Waals surface area contributed by atoms with Crippen LogP contribution in [0.25, 0.3) is 10.9 Å². The highest BCUT2D eigenvalue weighted by molar-refractivity contribution is 5.99. The molecule has 4 heteroatoms. The SMILES string of the molecule is CNC(=O)c1ccc2[nH]c3c(c2c1)C[C@H](N(C)C)CC3. The molecule has 1 aromatic carbocycles. The van der Waals surface area contributed by atoms with Gasteiger partial charge in [0.05, 0.1) is 0 Å². The number of rotatable bonds is 2. The van der Waals surface area contributed by atoms with Gasteiger partial charge < -0.3 is 15.2 Å². The topological polar surface area (TPSA) is 48.1 Å². The van der Waals surface area contributed by atoms with Gasteiger partial charge in [0, 0.05) is 35.2 Å². The number of carbonyl (C=O) groups is 1. The van der Waals surface area contributed by atoms with E-state index < -0.39 is 0 Å². The predicted molar refractivity (Wildman–Crippen MR) is 81.2 cm³/mol. The maximum absolute atomic E-state index is 11.8. The number of likely N-dealkylation sites (N-methyl/N-ethyl adjacent to an activating group) is 1. The number of aryl methyl sites for hydroxylation is 1. The van der Waals surface area contributed by atoms with Gasteiger partial charge in [0.2, 0.25) is 0 Å². The molecule has 1 amide bonds. The highest BCUT2D eigenvalue weighted by Gasteiger charge is 2.24. The number of amides is 1. The number of nitrogens with zero attached hydrogens (tertiary/aromatic N) is 1. The molecule has 1 aromatic heterocycles. The summed E-state index contributed by atoms with van der Waals surface area (Å²) in [6, 6.07) is 6.50. The summed E-state index contributed by atoms with van der Waals surface area (Å²) in [5, 5.41) is 3.89. The first-order valence-corrected chi connectivity index (χ1v) is 7.12. The average molecular weight is 271 g/mol. The van der Waals surface area contributed by atoms with E-state index in [-0.39, 0.29) is 5.91 Å². The van der Waals surface area contributed by atoms with Crippen LogP contribution in [0.5, 0.6) is 0 Å². The summed E-state index contributed by atoms with van der Waals surface area (Å²) in [7, 11) is 5.95. The van der Waals surface area contributed by atoms with Gasteiger partial charge in [-0.15, -0.1) is 0 Å². The zero-order valence-electron chi connectivity index (χ0n) is 12.3. The lowest BCUT2D eigenvalue weighted by atomic mass is 9.90. The largest absolute Gasteiger partial charge is 0.358 e. The highest BCUT2D eigenvalue weighted by atomic mass is 16.1. The summed E-state index contributed by atoms with van der Waals surface area (Å²) in [4.78, 5) is 17.6. The van der Waals surface area contributed by atoms with Gasteiger partial charge in [-0.25, -0.2) is 0 Å². The first kappa shape index (κ1) is 13.2. The molecule has 0 saturated heterocycles. The van der Waals surface area contributed by atoms with Crippen LogP contribution in [-0.4, -0.2) is 43.0 Å². The van der Waals surface area contributed by atoms with Crippen LogP contribution in [0.2, 0.25) is 0 Å². The minimum absolute atomic E-state index is 0.0261. The molecule has 0 radical (unpaired) electrons. The second-order valence-corrected chi connectivity index (χ2v) is 5.78. The normalized spacial score (nSPS) is 18.3. The quantitative estimate of drug-likeness (QED) is 0.877. The van der Waals surface area contributed by atoms with Crippen LogP contribution in [0, 0.1) is 0 Å². The van der Waals surface area contributed by atoms with Crippen molar-refractivity contribution in [3.05, 3.63) is 35.0 Å². The first-order valence-electron chi connectivity index (χ1n) is 7.12. The molecular weight excluding hydrogens is 250 g/mol. The van der Waals surface area contributed by atoms with E-state index in [4.69, 9.17) is 0 Å². The van der Waals surface area contributed by atoms with Crippen LogP contribution in [0.3, 0.4) is 0 Å². The molecule has 106 valence electrons. The van der Waals surface area contributed by atoms with Crippen molar-refractivity contribution in [1.82, 2.24) is 15.2 Å². The second kappa shape index (κ2) is 4.94. The third-order valence-electron chi connectivity index (χ3n) is 4.38. The maximum Gasteiger partial charge on any atom is 0.251 e. The van der Waals surface area contributed by atoms with Gasteiger partial charge in [-0.2, -0.15) is 0 Å². The van der Waals surface area contributed by atoms with E-state index in [2.05, 4.69) is 29.3 Å². The van der Waals surface area contributed by atoms with Crippen LogP contribution >= 0.6 is 0 Å². The van der Waals surface area contributed by atoms with E-state index >= 15 is 0 Å². The minimum Gasteiger partial charge on any atom is -0.358 e. The number of nitrogens with one attached hydrogen (secondary N) is 2. The molecule has 1 atom stereocenters. The van der Waals surface area contributed by atoms with Gasteiger partial charge in [-0.05, 0) is 57.1 Å². The molecule has 1 aliphatic rings. The van der Waals surface area contributed by atoms with Crippen LogP contribution in [0.15, 0.2) is 18.2 Å². The van der Waals surface area contributed by atoms with E-state index in [1.54, 1.807) is 7.05 Å². The summed E-state index contributed by atoms with van der Waals surface area (Å²) < 4.78 is 0. The Morgan fingerprint density at radius 1 is 1.40 bits per heavy atom. The summed E-state index contributed by atoms with van der Waals surface area (Å²) >= 11 is 0. The minimum atomic E-state index is -0.0261. The highest BCUT2D eigenvalue weighted by Crippen LogP contribution is 2.31. The summed E-state index contributed by atoms with van der Waals surface area (Å²) in [5.74, 6) is -0.0261. The molecule has 0 spiro atoms. The Balaban J connectivity index is 2.07. The Morgan fingerprint density at radius 3 is 2.90 bits per heavy atom. The van der Waals surface area contributed by atoms with Crippen LogP contribution < -0.4 is 5.32 Å². The van der Waals surface area contributed by atoms with Crippen molar-refractivity contribution in [1.29, 1.82) is 0 Å². The molecule has 1 aliphatic carbocycles. The smallest absolute Gasteiger partial charge is 0.251 e. The number of benzene rings is 1. The molecule has 0 unspecified atom stereocenters. The fourth-order valence-corrected chi connectivity index (χ4v) is 3.13. The van der Waals surface area contributed by atoms with Gasteiger partial charge in [0.15, 0.2) is 0 Å². The van der Waals surface area contributed by atoms with Gasteiger partial charge in [0.1, 0.15) is 0 Å². The standard InChI is InChI=1S/C16H21N3O/c1-17-16(20)10-4-6-14-12(8-10)13-9-11(19(2)3)5-7-15(13)18-14/h4,6,8,11,18H,5,7,9H2,1-3H3,(H,17,20)/t11-/m1/s1. The third kappa shape index (κ3) is 2.10. The van der Waals surface area contributed by atoms with Crippen molar-refractivity contribution < 1.29 is 4.79 Å². The molecule has 0 saturated carbocycles. The Hall–Kier alpha value is -1.81. The molecular formula is C16H21N3O. The van der Waals surface area contributed by atoms with Gasteiger partial charge in [0.25, 0.3) is 5.91 Å². The number of fused-ring (bicyclic) bond motifs is 3. The lowest BCUT2D eigenvalue weighted by Crippen LogP contribution is -2.33. The molecule has 4 nitrogen and oxygen atoms in total. The molecule has 3 rings (SSSR count). The maximum atomic E-state index is 11.8. The summed E-state index contributed by atoms with van der Waals surface area (Å²) in [6.45, 7) is 0. The zero-order chi connectivity index (χ0) is 14.3. The molecule has 0 bridgehead atoms. The molecule has 1 heterocycles. The Morgan fingerprint density at radius 2 is 2.20 bits per heavy atom. The van der Waals surface area contributed by atoms with Crippen molar-refractivity contribution in [2.24, 2.45) is 0 Å². The Bertz CT molecular complexity index is 657. The Labute approximate surface area is 119 Å². The monoisotopic (exact) mass is 271 g/mol. The Kier molecular flexibility index (Phi) is 3.26. The van der Waals surface area contributed by atoms with E-state index in [1.165, 1.54) is 23.1 Å². The summed E-state index contributed by atoms with van der Waals surface area (Å²) in [6.07, 6.45) is 3.33. The molecule has 2 N–H and O–H groups in total. The van der Waals surface area contributed by atoms with Gasteiger partial charge >= 0.3 is 0 Å². The lowest BCUT2D eigenvalue weighted by molar-refractivity contribution is 0.0963. The third-order valence-corrected chi connectivity index (χ3v) is 4.38. The van der Waals surface area contributed by atoms with Crippen molar-refractivity contribution >= 4 is 16.8 Å². The lowest BCUT2D eigenvalue weighted by Gasteiger charge is -2.28. The number of carbonyl (C=O) groups excluding carboxylic acids is 1. The van der Waals surface area contributed by atoms with Gasteiger partial charge in [-0.3, -0.25) is 4.79 Å². The fourth-order valence-electron chi connectivity index (χ4n) is 3.13. The van der Waals surface area contributed by atoms with Gasteiger partial charge in [-0.1, -0.05) is 0 Å². The molecule has 2 aromatic rings. The molecule has 20 heavy (non-hydrogen) atoms. The molecule has 0 aliphatic heterocycles. The molecule has 0 fully saturated rings. The fraction of sp³-hybridized carbons (Fsp3) is 0.438. The van der Waals surface area contributed by atoms with Crippen LogP contribution in [0.4, 0.5) is 0 Å². The zero-order valence-corrected chi connectivity index (χ0v) is 12.3. The number of aromatic nitrogens is 1.